The predicted molar refractivity (Wildman–Crippen MR) is 141 cm³/mol. The number of aromatic amines is 1. The highest BCUT2D eigenvalue weighted by molar-refractivity contribution is 5.87. The van der Waals surface area contributed by atoms with Crippen molar-refractivity contribution in [2.45, 2.75) is 56.4 Å². The van der Waals surface area contributed by atoms with Crippen LogP contribution >= 0.6 is 12.4 Å². The van der Waals surface area contributed by atoms with Gasteiger partial charge in [0, 0.05) is 36.1 Å². The molecule has 2 aliphatic rings. The van der Waals surface area contributed by atoms with Gasteiger partial charge in [0.05, 0.1) is 5.54 Å². The number of hydrogen-bond donors (Lipinski definition) is 3. The van der Waals surface area contributed by atoms with Gasteiger partial charge in [-0.15, -0.1) is 12.4 Å². The largest absolute Gasteiger partial charge is 0.368 e. The maximum absolute atomic E-state index is 13.9. The van der Waals surface area contributed by atoms with Crippen LogP contribution in [-0.2, 0) is 27.8 Å². The lowest BCUT2D eigenvalue weighted by molar-refractivity contribution is -0.138. The predicted octanol–water partition coefficient (Wildman–Crippen LogP) is 3.99. The van der Waals surface area contributed by atoms with Gasteiger partial charge in [0.1, 0.15) is 5.82 Å². The van der Waals surface area contributed by atoms with Crippen molar-refractivity contribution in [1.29, 1.82) is 0 Å². The number of likely N-dealkylation sites (tertiary alicyclic amines) is 1. The van der Waals surface area contributed by atoms with Crippen LogP contribution in [0.5, 0.6) is 0 Å². The Morgan fingerprint density at radius 3 is 2.61 bits per heavy atom. The van der Waals surface area contributed by atoms with Crippen LogP contribution in [-0.4, -0.2) is 40.3 Å². The van der Waals surface area contributed by atoms with E-state index in [-0.39, 0.29) is 36.0 Å². The quantitative estimate of drug-likeness (QED) is 0.465. The lowest BCUT2D eigenvalue weighted by Gasteiger charge is -2.41. The molecule has 2 unspecified atom stereocenters. The summed E-state index contributed by atoms with van der Waals surface area (Å²) in [4.78, 5) is 30.9. The first-order chi connectivity index (χ1) is 16.7. The second kappa shape index (κ2) is 9.87. The summed E-state index contributed by atoms with van der Waals surface area (Å²) >= 11 is 0. The van der Waals surface area contributed by atoms with Gasteiger partial charge in [0.15, 0.2) is 0 Å². The van der Waals surface area contributed by atoms with E-state index in [4.69, 9.17) is 11.5 Å². The van der Waals surface area contributed by atoms with E-state index in [1.165, 1.54) is 23.3 Å². The van der Waals surface area contributed by atoms with Gasteiger partial charge < -0.3 is 21.4 Å². The van der Waals surface area contributed by atoms with Crippen LogP contribution < -0.4 is 11.5 Å². The first-order valence-electron chi connectivity index (χ1n) is 12.4. The molecule has 8 heteroatoms. The van der Waals surface area contributed by atoms with Crippen LogP contribution in [0, 0.1) is 11.7 Å². The van der Waals surface area contributed by atoms with Crippen LogP contribution in [0.4, 0.5) is 4.39 Å². The summed E-state index contributed by atoms with van der Waals surface area (Å²) in [6.07, 6.45) is 6.37. The summed E-state index contributed by atoms with van der Waals surface area (Å²) in [6, 6.07) is 13.2. The number of amides is 2. The zero-order valence-corrected chi connectivity index (χ0v) is 21.4. The van der Waals surface area contributed by atoms with Crippen molar-refractivity contribution in [3.05, 3.63) is 71.2 Å². The number of benzene rings is 2. The number of fused-ring (bicyclic) bond motifs is 3. The Bertz CT molecular complexity index is 1280. The number of aromatic nitrogens is 1. The number of H-pyrrole nitrogens is 1. The first kappa shape index (κ1) is 26.2. The fourth-order valence-electron chi connectivity index (χ4n) is 6.14. The molecule has 2 amide bonds. The highest BCUT2D eigenvalue weighted by Crippen LogP contribution is 2.46. The zero-order valence-electron chi connectivity index (χ0n) is 20.6. The van der Waals surface area contributed by atoms with E-state index in [9.17, 15) is 14.0 Å². The van der Waals surface area contributed by atoms with Crippen molar-refractivity contribution in [2.75, 3.05) is 13.1 Å². The zero-order chi connectivity index (χ0) is 24.8. The molecule has 2 heterocycles. The van der Waals surface area contributed by atoms with Crippen LogP contribution in [0.15, 0.2) is 48.7 Å². The smallest absolute Gasteiger partial charge is 0.237 e. The summed E-state index contributed by atoms with van der Waals surface area (Å²) in [5.74, 6) is -1.53. The fraction of sp³-hybridized carbons (Fsp3) is 0.429. The molecule has 5 rings (SSSR count). The SMILES string of the molecule is CC(N)(CC(Cc1c[nH]c2ccc(F)cc12)C(=O)N1CCC2(CCc3ccccc32)CC1)C(N)=O.Cl. The van der Waals surface area contributed by atoms with E-state index < -0.39 is 17.4 Å². The topological polar surface area (TPSA) is 105 Å². The number of aryl methyl sites for hydroxylation is 1. The van der Waals surface area contributed by atoms with E-state index in [0.717, 1.165) is 42.1 Å². The standard InChI is InChI=1S/C28H33FN4O2.ClH/c1-27(31,26(30)35)16-19(14-20-17-32-24-7-6-21(29)15-22(20)24)25(34)33-12-10-28(11-13-33)9-8-18-4-2-3-5-23(18)28;/h2-7,15,17,19,32H,8-14,16,31H2,1H3,(H2,30,35);1H. The molecule has 3 aromatic rings. The maximum Gasteiger partial charge on any atom is 0.237 e. The molecule has 1 spiro atoms. The van der Waals surface area contributed by atoms with Gasteiger partial charge in [-0.3, -0.25) is 9.59 Å². The van der Waals surface area contributed by atoms with Crippen LogP contribution in [0.3, 0.4) is 0 Å². The Morgan fingerprint density at radius 2 is 1.89 bits per heavy atom. The number of carbonyl (C=O) groups is 2. The molecule has 0 saturated carbocycles. The van der Waals surface area contributed by atoms with Gasteiger partial charge >= 0.3 is 0 Å². The number of nitrogens with two attached hydrogens (primary N) is 2. The molecule has 1 aliphatic carbocycles. The van der Waals surface area contributed by atoms with E-state index >= 15 is 0 Å². The molecule has 0 radical (unpaired) electrons. The van der Waals surface area contributed by atoms with Crippen molar-refractivity contribution in [1.82, 2.24) is 9.88 Å². The number of hydrogen-bond acceptors (Lipinski definition) is 3. The maximum atomic E-state index is 13.9. The minimum atomic E-state index is -1.32. The number of halogens is 2. The van der Waals surface area contributed by atoms with Crippen LogP contribution in [0.2, 0.25) is 0 Å². The Labute approximate surface area is 217 Å². The molecule has 6 nitrogen and oxygen atoms in total. The molecule has 36 heavy (non-hydrogen) atoms. The van der Waals surface area contributed by atoms with Crippen molar-refractivity contribution >= 4 is 35.1 Å². The average molecular weight is 513 g/mol. The van der Waals surface area contributed by atoms with Crippen molar-refractivity contribution < 1.29 is 14.0 Å². The Balaban J connectivity index is 0.00000304. The van der Waals surface area contributed by atoms with Crippen molar-refractivity contribution in [2.24, 2.45) is 17.4 Å². The molecule has 1 aromatic heterocycles. The molecule has 1 aliphatic heterocycles. The second-order valence-electron chi connectivity index (χ2n) is 10.7. The van der Waals surface area contributed by atoms with Crippen molar-refractivity contribution in [3.8, 4) is 0 Å². The van der Waals surface area contributed by atoms with Gasteiger partial charge in [0.25, 0.3) is 0 Å². The second-order valence-corrected chi connectivity index (χ2v) is 10.7. The van der Waals surface area contributed by atoms with E-state index in [2.05, 4.69) is 29.2 Å². The Hall–Kier alpha value is -2.90. The van der Waals surface area contributed by atoms with Gasteiger partial charge in [-0.1, -0.05) is 24.3 Å². The van der Waals surface area contributed by atoms with E-state index in [1.807, 2.05) is 11.1 Å². The van der Waals surface area contributed by atoms with Gasteiger partial charge in [-0.05, 0) is 85.8 Å². The lowest BCUT2D eigenvalue weighted by atomic mass is 9.73. The minimum Gasteiger partial charge on any atom is -0.368 e. The van der Waals surface area contributed by atoms with Crippen molar-refractivity contribution in [3.63, 3.8) is 0 Å². The lowest BCUT2D eigenvalue weighted by Crippen LogP contribution is -2.53. The molecule has 0 bridgehead atoms. The van der Waals surface area contributed by atoms with Crippen LogP contribution in [0.25, 0.3) is 10.9 Å². The van der Waals surface area contributed by atoms with E-state index in [1.54, 1.807) is 13.0 Å². The number of nitrogens with one attached hydrogen (secondary N) is 1. The summed E-state index contributed by atoms with van der Waals surface area (Å²) in [7, 11) is 0. The average Bonchev–Trinajstić information content (AvgIpc) is 3.40. The molecule has 2 atom stereocenters. The summed E-state index contributed by atoms with van der Waals surface area (Å²) in [6.45, 7) is 2.92. The highest BCUT2D eigenvalue weighted by atomic mass is 35.5. The number of nitrogens with zero attached hydrogens (tertiary/aromatic N) is 1. The molecule has 1 fully saturated rings. The van der Waals surface area contributed by atoms with Gasteiger partial charge in [-0.2, -0.15) is 0 Å². The third-order valence-electron chi connectivity index (χ3n) is 8.27. The highest BCUT2D eigenvalue weighted by Gasteiger charge is 2.43. The number of piperidine rings is 1. The Morgan fingerprint density at radius 1 is 1.17 bits per heavy atom. The normalized spacial score (nSPS) is 18.9. The Kier molecular flexibility index (Phi) is 7.17. The summed E-state index contributed by atoms with van der Waals surface area (Å²) in [5.41, 5.74) is 15.1. The molecule has 5 N–H and O–H groups in total. The monoisotopic (exact) mass is 512 g/mol. The number of rotatable bonds is 6. The first-order valence-corrected chi connectivity index (χ1v) is 12.4. The molecule has 2 aromatic carbocycles. The molecular weight excluding hydrogens is 479 g/mol. The molecule has 1 saturated heterocycles. The van der Waals surface area contributed by atoms with Gasteiger partial charge in [0.2, 0.25) is 11.8 Å². The third kappa shape index (κ3) is 4.74. The summed E-state index contributed by atoms with van der Waals surface area (Å²) < 4.78 is 13.9. The fourth-order valence-corrected chi connectivity index (χ4v) is 6.14. The van der Waals surface area contributed by atoms with E-state index in [0.29, 0.717) is 19.5 Å². The molecular formula is C28H34ClFN4O2. The number of carbonyl (C=O) groups excluding carboxylic acids is 2. The molecule has 192 valence electrons. The summed E-state index contributed by atoms with van der Waals surface area (Å²) in [5, 5.41) is 0.737. The van der Waals surface area contributed by atoms with Crippen LogP contribution in [0.1, 0.15) is 49.3 Å². The third-order valence-corrected chi connectivity index (χ3v) is 8.27. The minimum absolute atomic E-state index is 0. The van der Waals surface area contributed by atoms with Gasteiger partial charge in [-0.25, -0.2) is 4.39 Å². The number of primary amides is 1.